The number of nitrogens with zero attached hydrogens (tertiary/aromatic N) is 5. The molecule has 4 aromatic rings. The molecule has 0 aliphatic carbocycles. The Morgan fingerprint density at radius 3 is 2.53 bits per heavy atom. The fraction of sp³-hybridized carbons (Fsp3) is 0.379. The second kappa shape index (κ2) is 14.4. The maximum Gasteiger partial charge on any atom is 0.386 e. The number of fused-ring (bicyclic) bond motifs is 4. The number of carbonyl (C=O) groups is 2. The van der Waals surface area contributed by atoms with Crippen molar-refractivity contribution in [2.75, 3.05) is 18.5 Å². The van der Waals surface area contributed by atoms with Crippen LogP contribution in [-0.4, -0.2) is 91.1 Å². The summed E-state index contributed by atoms with van der Waals surface area (Å²) in [5.74, 6) is -0.793. The van der Waals surface area contributed by atoms with Crippen LogP contribution < -0.4 is 5.32 Å². The van der Waals surface area contributed by atoms with Crippen LogP contribution in [0.4, 0.5) is 14.6 Å². The number of ether oxygens (including phenoxy) is 2. The molecule has 0 saturated carbocycles. The molecule has 2 bridgehead atoms. The lowest BCUT2D eigenvalue weighted by Gasteiger charge is -2.26. The number of imidazole rings is 1. The number of carbonyl (C=O) groups excluding carboxylic acids is 2. The topological polar surface area (TPSA) is 195 Å². The Labute approximate surface area is 298 Å². The smallest absolute Gasteiger partial charge is 0.362 e. The molecule has 10 atom stereocenters. The van der Waals surface area contributed by atoms with Gasteiger partial charge in [-0.2, -0.15) is 0 Å². The van der Waals surface area contributed by atoms with E-state index in [2.05, 4.69) is 37.5 Å². The number of aromatic nitrogens is 5. The number of halogens is 2. The third-order valence-corrected chi connectivity index (χ3v) is 11.4. The lowest BCUT2D eigenvalue weighted by atomic mass is 10.0. The van der Waals surface area contributed by atoms with E-state index in [-0.39, 0.29) is 34.0 Å². The van der Waals surface area contributed by atoms with Crippen molar-refractivity contribution >= 4 is 66.2 Å². The van der Waals surface area contributed by atoms with Crippen LogP contribution >= 0.6 is 25.8 Å². The number of amides is 1. The molecule has 0 radical (unpaired) electrons. The molecule has 3 saturated heterocycles. The van der Waals surface area contributed by atoms with Crippen LogP contribution in [0.1, 0.15) is 45.7 Å². The number of nitrogens with one attached hydrogen (secondary N) is 1. The molecule has 7 rings (SSSR count). The molecule has 2 N–H and O–H groups in total. The molecule has 3 aliphatic rings. The molecule has 3 fully saturated rings. The van der Waals surface area contributed by atoms with Crippen molar-refractivity contribution in [3.8, 4) is 0 Å². The van der Waals surface area contributed by atoms with Gasteiger partial charge in [-0.3, -0.25) is 32.7 Å². The Morgan fingerprint density at radius 2 is 1.76 bits per heavy atom. The predicted octanol–water partition coefficient (Wildman–Crippen LogP) is 4.46. The normalized spacial score (nSPS) is 34.2. The number of hydrogen-bond acceptors (Lipinski definition) is 14. The van der Waals surface area contributed by atoms with Crippen LogP contribution in [0.5, 0.6) is 0 Å². The van der Waals surface area contributed by atoms with E-state index in [1.807, 2.05) is 0 Å². The van der Waals surface area contributed by atoms with Gasteiger partial charge in [-0.25, -0.2) is 28.3 Å². The van der Waals surface area contributed by atoms with Crippen molar-refractivity contribution in [2.45, 2.75) is 56.0 Å². The molecular formula is C29H28F2N6O10P2S2. The van der Waals surface area contributed by atoms with Gasteiger partial charge in [-0.15, -0.1) is 0 Å². The number of hydrogen-bond donors (Lipinski definition) is 3. The van der Waals surface area contributed by atoms with E-state index < -0.39 is 81.7 Å². The monoisotopic (exact) mass is 784 g/mol. The Hall–Kier alpha value is -3.13. The Bertz CT molecular complexity index is 2070. The highest BCUT2D eigenvalue weighted by Crippen LogP contribution is 2.59. The zero-order chi connectivity index (χ0) is 36.1. The average Bonchev–Trinajstić information content (AvgIpc) is 3.76. The summed E-state index contributed by atoms with van der Waals surface area (Å²) in [7, 11) is 0. The highest BCUT2D eigenvalue weighted by atomic mass is 32.7. The second-order valence-electron chi connectivity index (χ2n) is 11.6. The van der Waals surface area contributed by atoms with E-state index >= 15 is 8.78 Å². The first-order valence-electron chi connectivity index (χ1n) is 15.2. The summed E-state index contributed by atoms with van der Waals surface area (Å²) in [4.78, 5) is 52.3. The molecule has 3 aromatic heterocycles. The van der Waals surface area contributed by atoms with Crippen LogP contribution in [0.25, 0.3) is 11.2 Å². The Balaban J connectivity index is 1.15. The van der Waals surface area contributed by atoms with Gasteiger partial charge < -0.3 is 24.2 Å². The minimum absolute atomic E-state index is 0.0428. The summed E-state index contributed by atoms with van der Waals surface area (Å²) in [5.41, 5.74) is 0.867. The number of Topliss-reactive ketones (excluding diaryl/α,β-unsaturated/α-hetero) is 1. The van der Waals surface area contributed by atoms with Crippen molar-refractivity contribution in [1.29, 1.82) is 0 Å². The summed E-state index contributed by atoms with van der Waals surface area (Å²) in [6.45, 7) is -8.87. The van der Waals surface area contributed by atoms with Crippen molar-refractivity contribution < 1.29 is 55.4 Å². The first-order valence-corrected chi connectivity index (χ1v) is 20.5. The van der Waals surface area contributed by atoms with Gasteiger partial charge in [0.1, 0.15) is 42.5 Å². The predicted molar refractivity (Wildman–Crippen MR) is 180 cm³/mol. The number of thiol groups is 1. The fourth-order valence-corrected chi connectivity index (χ4v) is 8.72. The van der Waals surface area contributed by atoms with Crippen molar-refractivity contribution in [2.24, 2.45) is 0 Å². The zero-order valence-electron chi connectivity index (χ0n) is 26.2. The maximum absolute atomic E-state index is 16.3. The molecule has 1 aromatic carbocycles. The molecule has 51 heavy (non-hydrogen) atoms. The third kappa shape index (κ3) is 7.54. The summed E-state index contributed by atoms with van der Waals surface area (Å²) < 4.78 is 80.8. The van der Waals surface area contributed by atoms with Gasteiger partial charge >= 0.3 is 13.5 Å². The van der Waals surface area contributed by atoms with Gasteiger partial charge in [0.15, 0.2) is 41.3 Å². The van der Waals surface area contributed by atoms with Crippen LogP contribution in [0.3, 0.4) is 0 Å². The zero-order valence-corrected chi connectivity index (χ0v) is 29.7. The second-order valence-corrected chi connectivity index (χ2v) is 17.3. The molecule has 270 valence electrons. The molecule has 2 unspecified atom stereocenters. The van der Waals surface area contributed by atoms with Gasteiger partial charge in [0, 0.05) is 18.7 Å². The van der Waals surface area contributed by atoms with Gasteiger partial charge in [-0.05, 0) is 41.6 Å². The van der Waals surface area contributed by atoms with Gasteiger partial charge in [0.2, 0.25) is 0 Å². The molecule has 3 aliphatic heterocycles. The quantitative estimate of drug-likeness (QED) is 0.146. The van der Waals surface area contributed by atoms with Crippen LogP contribution in [-0.2, 0) is 43.9 Å². The standard InChI is InChI=1S/C29H28F2N6O10P2S2/c1-14(38)17-9-16(7-8-32-17)23-25-20(30)18(44-23)10-42-48(40,50)46-24-19(11-43-49(41,51)47-25)45-29(21(24)31)37-13-35-22-26(33-12-34-27(22)37)36-28(39)15-5-3-2-4-6-15/h2-9,12-13,18-21,23-25,29H,10-11H2,1H3,(H,40,50)(H,41,51)(H,33,34,36,39)/t18-,19-,20-,21-,23+,24-,25-,29-,48?,49?/m1/s1. The molecular weight excluding hydrogens is 756 g/mol. The third-order valence-electron chi connectivity index (χ3n) is 8.24. The van der Waals surface area contributed by atoms with Gasteiger partial charge in [0.25, 0.3) is 5.91 Å². The van der Waals surface area contributed by atoms with Crippen molar-refractivity contribution in [3.63, 3.8) is 0 Å². The van der Waals surface area contributed by atoms with E-state index in [0.717, 1.165) is 6.33 Å². The largest absolute Gasteiger partial charge is 0.386 e. The number of anilines is 1. The first-order chi connectivity index (χ1) is 24.3. The number of alkyl halides is 2. The molecule has 0 spiro atoms. The van der Waals surface area contributed by atoms with Crippen LogP contribution in [0.2, 0.25) is 0 Å². The van der Waals surface area contributed by atoms with Crippen molar-refractivity contribution in [3.05, 3.63) is 78.1 Å². The van der Waals surface area contributed by atoms with Crippen LogP contribution in [0, 0.1) is 0 Å². The number of ketones is 1. The highest BCUT2D eigenvalue weighted by molar-refractivity contribution is 8.44. The molecule has 22 heteroatoms. The minimum Gasteiger partial charge on any atom is -0.362 e. The number of benzene rings is 1. The van der Waals surface area contributed by atoms with Gasteiger partial charge in [-0.1, -0.05) is 30.4 Å². The van der Waals surface area contributed by atoms with E-state index in [4.69, 9.17) is 39.4 Å². The van der Waals surface area contributed by atoms with E-state index in [1.54, 1.807) is 30.3 Å². The Kier molecular flexibility index (Phi) is 10.2. The summed E-state index contributed by atoms with van der Waals surface area (Å²) in [5, 5.41) is 2.66. The molecule has 1 amide bonds. The SMILES string of the molecule is CC(=O)c1cc([C@@H]2O[C@@H]3COP(O)(=S)O[C@H]4[C@@H](F)[C@H](n5cnc6c(NC(=O)c7ccccc7)ncnc65)O[C@@H]4COP(=O)(S)O[C@@H]2[C@@H]3F)ccn1. The van der Waals surface area contributed by atoms with E-state index in [1.165, 1.54) is 36.1 Å². The number of pyridine rings is 1. The number of rotatable bonds is 5. The Morgan fingerprint density at radius 1 is 1.00 bits per heavy atom. The van der Waals surface area contributed by atoms with Crippen LogP contribution in [0.15, 0.2) is 61.3 Å². The summed E-state index contributed by atoms with van der Waals surface area (Å²) in [6.07, 6.45) is -9.34. The maximum atomic E-state index is 16.3. The summed E-state index contributed by atoms with van der Waals surface area (Å²) >= 11 is 9.21. The molecule has 16 nitrogen and oxygen atoms in total. The lowest BCUT2D eigenvalue weighted by Crippen LogP contribution is -2.34. The summed E-state index contributed by atoms with van der Waals surface area (Å²) in [6, 6.07) is 11.2. The lowest BCUT2D eigenvalue weighted by molar-refractivity contribution is -0.0467. The van der Waals surface area contributed by atoms with E-state index in [0.29, 0.717) is 5.56 Å². The fourth-order valence-electron chi connectivity index (χ4n) is 5.83. The molecule has 6 heterocycles. The average molecular weight is 785 g/mol. The minimum atomic E-state index is -4.46. The highest BCUT2D eigenvalue weighted by Gasteiger charge is 2.53. The van der Waals surface area contributed by atoms with E-state index in [9.17, 15) is 19.0 Å². The first kappa shape index (κ1) is 36.2. The van der Waals surface area contributed by atoms with Gasteiger partial charge in [0.05, 0.1) is 19.5 Å². The van der Waals surface area contributed by atoms with Crippen molar-refractivity contribution in [1.82, 2.24) is 24.5 Å².